The van der Waals surface area contributed by atoms with Gasteiger partial charge in [0, 0.05) is 43.2 Å². The first-order valence-electron chi connectivity index (χ1n) is 8.70. The van der Waals surface area contributed by atoms with Crippen LogP contribution in [-0.4, -0.2) is 21.0 Å². The van der Waals surface area contributed by atoms with E-state index in [1.807, 2.05) is 41.5 Å². The fourth-order valence-corrected chi connectivity index (χ4v) is 3.24. The molecule has 0 radical (unpaired) electrons. The van der Waals surface area contributed by atoms with E-state index >= 15 is 0 Å². The highest BCUT2D eigenvalue weighted by atomic mass is 16.5. The van der Waals surface area contributed by atoms with E-state index in [9.17, 15) is 4.79 Å². The van der Waals surface area contributed by atoms with E-state index in [0.29, 0.717) is 6.54 Å². The van der Waals surface area contributed by atoms with Gasteiger partial charge in [-0.25, -0.2) is 4.68 Å². The van der Waals surface area contributed by atoms with Crippen LogP contribution in [0.4, 0.5) is 0 Å². The number of benzene rings is 1. The minimum atomic E-state index is 0.000470. The Kier molecular flexibility index (Phi) is 4.48. The highest BCUT2D eigenvalue weighted by Crippen LogP contribution is 2.25. The normalized spacial score (nSPS) is 17.5. The number of rotatable bonds is 4. The summed E-state index contributed by atoms with van der Waals surface area (Å²) in [5.41, 5.74) is 3.00. The lowest BCUT2D eigenvalue weighted by atomic mass is 10.1. The van der Waals surface area contributed by atoms with Gasteiger partial charge >= 0.3 is 0 Å². The lowest BCUT2D eigenvalue weighted by Gasteiger charge is -2.22. The van der Waals surface area contributed by atoms with E-state index in [0.717, 1.165) is 37.1 Å². The summed E-state index contributed by atoms with van der Waals surface area (Å²) >= 11 is 0. The van der Waals surface area contributed by atoms with Gasteiger partial charge in [0.2, 0.25) is 0 Å². The third-order valence-corrected chi connectivity index (χ3v) is 4.55. The molecule has 1 atom stereocenters. The Hall–Kier alpha value is -2.66. The molecule has 0 amide bonds. The summed E-state index contributed by atoms with van der Waals surface area (Å²) in [6, 6.07) is 13.5. The summed E-state index contributed by atoms with van der Waals surface area (Å²) in [7, 11) is 0. The average Bonchev–Trinajstić information content (AvgIpc) is 3.15. The molecule has 0 spiro atoms. The van der Waals surface area contributed by atoms with Crippen molar-refractivity contribution in [2.75, 3.05) is 6.61 Å². The van der Waals surface area contributed by atoms with E-state index in [2.05, 4.69) is 21.8 Å². The summed E-state index contributed by atoms with van der Waals surface area (Å²) in [6.07, 6.45) is 8.89. The fourth-order valence-electron chi connectivity index (χ4n) is 3.24. The second-order valence-electron chi connectivity index (χ2n) is 6.39. The molecule has 3 heterocycles. The molecule has 5 nitrogen and oxygen atoms in total. The van der Waals surface area contributed by atoms with E-state index in [1.54, 1.807) is 12.1 Å². The van der Waals surface area contributed by atoms with Gasteiger partial charge in [-0.15, -0.1) is 0 Å². The smallest absolute Gasteiger partial charge is 0.182 e. The Balaban J connectivity index is 1.66. The molecular weight excluding hydrogens is 314 g/mol. The van der Waals surface area contributed by atoms with Gasteiger partial charge in [0.05, 0.1) is 11.9 Å². The standard InChI is InChI=1S/C20H21N3O2/c24-18-9-10-22(14-16-6-2-1-3-7-16)19(12-18)17-13-21-23(15-17)20-8-4-5-11-25-20/h1-3,6-7,9-10,12-13,15,20H,4-5,8,11,14H2. The molecule has 1 fully saturated rings. The van der Waals surface area contributed by atoms with Crippen LogP contribution in [0.25, 0.3) is 11.3 Å². The molecule has 0 saturated carbocycles. The Morgan fingerprint density at radius 2 is 2.04 bits per heavy atom. The van der Waals surface area contributed by atoms with Crippen molar-refractivity contribution in [2.45, 2.75) is 32.0 Å². The Morgan fingerprint density at radius 1 is 1.16 bits per heavy atom. The van der Waals surface area contributed by atoms with E-state index in [-0.39, 0.29) is 11.7 Å². The molecule has 25 heavy (non-hydrogen) atoms. The summed E-state index contributed by atoms with van der Waals surface area (Å²) in [5, 5.41) is 4.47. The minimum absolute atomic E-state index is 0.000470. The number of nitrogens with zero attached hydrogens (tertiary/aromatic N) is 3. The molecule has 1 aliphatic rings. The van der Waals surface area contributed by atoms with Gasteiger partial charge in [0.25, 0.3) is 0 Å². The van der Waals surface area contributed by atoms with Crippen molar-refractivity contribution in [1.82, 2.24) is 14.3 Å². The number of pyridine rings is 1. The third-order valence-electron chi connectivity index (χ3n) is 4.55. The largest absolute Gasteiger partial charge is 0.357 e. The molecule has 0 aliphatic carbocycles. The van der Waals surface area contributed by atoms with Crippen LogP contribution in [-0.2, 0) is 11.3 Å². The maximum Gasteiger partial charge on any atom is 0.182 e. The Morgan fingerprint density at radius 3 is 2.84 bits per heavy atom. The van der Waals surface area contributed by atoms with Crippen molar-refractivity contribution in [3.05, 3.63) is 76.8 Å². The van der Waals surface area contributed by atoms with Crippen LogP contribution in [0, 0.1) is 0 Å². The van der Waals surface area contributed by atoms with Crippen molar-refractivity contribution in [1.29, 1.82) is 0 Å². The van der Waals surface area contributed by atoms with Crippen molar-refractivity contribution in [2.24, 2.45) is 0 Å². The molecular formula is C20H21N3O2. The molecule has 1 saturated heterocycles. The van der Waals surface area contributed by atoms with Crippen LogP contribution in [0.5, 0.6) is 0 Å². The molecule has 0 N–H and O–H groups in total. The van der Waals surface area contributed by atoms with Crippen molar-refractivity contribution in [3.8, 4) is 11.3 Å². The predicted octanol–water partition coefficient (Wildman–Crippen LogP) is 3.46. The van der Waals surface area contributed by atoms with Crippen molar-refractivity contribution in [3.63, 3.8) is 0 Å². The molecule has 5 heteroatoms. The quantitative estimate of drug-likeness (QED) is 0.734. The number of hydrogen-bond acceptors (Lipinski definition) is 3. The summed E-state index contributed by atoms with van der Waals surface area (Å²) in [6.45, 7) is 1.49. The first kappa shape index (κ1) is 15.8. The number of aromatic nitrogens is 3. The lowest BCUT2D eigenvalue weighted by Crippen LogP contribution is -2.18. The highest BCUT2D eigenvalue weighted by Gasteiger charge is 2.17. The lowest BCUT2D eigenvalue weighted by molar-refractivity contribution is -0.0394. The zero-order chi connectivity index (χ0) is 17.1. The predicted molar refractivity (Wildman–Crippen MR) is 96.3 cm³/mol. The molecule has 4 rings (SSSR count). The molecule has 0 bridgehead atoms. The Bertz CT molecular complexity index is 893. The van der Waals surface area contributed by atoms with Gasteiger partial charge < -0.3 is 9.30 Å². The topological polar surface area (TPSA) is 49.0 Å². The van der Waals surface area contributed by atoms with Crippen molar-refractivity contribution < 1.29 is 4.74 Å². The molecule has 1 unspecified atom stereocenters. The monoisotopic (exact) mass is 335 g/mol. The summed E-state index contributed by atoms with van der Waals surface area (Å²) in [4.78, 5) is 11.9. The summed E-state index contributed by atoms with van der Waals surface area (Å²) < 4.78 is 9.75. The Labute approximate surface area is 146 Å². The maximum absolute atomic E-state index is 11.9. The minimum Gasteiger partial charge on any atom is -0.357 e. The van der Waals surface area contributed by atoms with Crippen LogP contribution in [0.3, 0.4) is 0 Å². The van der Waals surface area contributed by atoms with E-state index in [4.69, 9.17) is 4.74 Å². The average molecular weight is 335 g/mol. The van der Waals surface area contributed by atoms with Crippen LogP contribution < -0.4 is 5.43 Å². The van der Waals surface area contributed by atoms with Gasteiger partial charge in [-0.2, -0.15) is 5.10 Å². The molecule has 1 aliphatic heterocycles. The third kappa shape index (κ3) is 3.56. The zero-order valence-electron chi connectivity index (χ0n) is 14.0. The highest BCUT2D eigenvalue weighted by molar-refractivity contribution is 5.57. The number of ether oxygens (including phenoxy) is 1. The summed E-state index contributed by atoms with van der Waals surface area (Å²) in [5.74, 6) is 0. The van der Waals surface area contributed by atoms with Gasteiger partial charge in [-0.3, -0.25) is 4.79 Å². The SMILES string of the molecule is O=c1ccn(Cc2ccccc2)c(-c2cnn(C3CCCCO3)c2)c1. The van der Waals surface area contributed by atoms with E-state index < -0.39 is 0 Å². The molecule has 3 aromatic rings. The number of hydrogen-bond donors (Lipinski definition) is 0. The fraction of sp³-hybridized carbons (Fsp3) is 0.300. The van der Waals surface area contributed by atoms with Crippen LogP contribution in [0.15, 0.2) is 65.8 Å². The molecule has 2 aromatic heterocycles. The first-order chi connectivity index (χ1) is 12.3. The molecule has 128 valence electrons. The second-order valence-corrected chi connectivity index (χ2v) is 6.39. The van der Waals surface area contributed by atoms with Crippen molar-refractivity contribution >= 4 is 0 Å². The van der Waals surface area contributed by atoms with Gasteiger partial charge in [0.15, 0.2) is 5.43 Å². The zero-order valence-corrected chi connectivity index (χ0v) is 14.0. The van der Waals surface area contributed by atoms with E-state index in [1.165, 1.54) is 5.56 Å². The van der Waals surface area contributed by atoms with Crippen LogP contribution >= 0.6 is 0 Å². The second kappa shape index (κ2) is 7.07. The van der Waals surface area contributed by atoms with Gasteiger partial charge in [0.1, 0.15) is 6.23 Å². The first-order valence-corrected chi connectivity index (χ1v) is 8.70. The van der Waals surface area contributed by atoms with Crippen LogP contribution in [0.2, 0.25) is 0 Å². The van der Waals surface area contributed by atoms with Gasteiger partial charge in [-0.05, 0) is 24.8 Å². The maximum atomic E-state index is 11.9. The van der Waals surface area contributed by atoms with Gasteiger partial charge in [-0.1, -0.05) is 30.3 Å². The van der Waals surface area contributed by atoms with Crippen LogP contribution in [0.1, 0.15) is 31.1 Å². The molecule has 1 aromatic carbocycles.